The summed E-state index contributed by atoms with van der Waals surface area (Å²) in [5, 5.41) is 3.11. The Morgan fingerprint density at radius 3 is 2.67 bits per heavy atom. The lowest BCUT2D eigenvalue weighted by molar-refractivity contribution is -0.122. The van der Waals surface area contributed by atoms with Crippen molar-refractivity contribution in [2.45, 2.75) is 51.5 Å². The fraction of sp³-hybridized carbons (Fsp3) is 0.588. The van der Waals surface area contributed by atoms with Gasteiger partial charge in [0.05, 0.1) is 18.7 Å². The van der Waals surface area contributed by atoms with Crippen molar-refractivity contribution in [3.8, 4) is 5.75 Å². The van der Waals surface area contributed by atoms with Crippen LogP contribution in [0.1, 0.15) is 45.4 Å². The number of benzene rings is 1. The largest absolute Gasteiger partial charge is 0.491 e. The normalized spacial score (nSPS) is 21.8. The lowest BCUT2D eigenvalue weighted by Crippen LogP contribution is -2.38. The first-order chi connectivity index (χ1) is 10.2. The maximum absolute atomic E-state index is 11.9. The highest BCUT2D eigenvalue weighted by atomic mass is 16.5. The minimum atomic E-state index is 0.0736. The van der Waals surface area contributed by atoms with Gasteiger partial charge in [-0.2, -0.15) is 0 Å². The standard InChI is InChI=1S/C17H26N2O2/c1-2-13-7-9-14(10-8-13)19-17(20)11-12-21-16-6-4-3-5-15(16)18/h3-6,13-14H,2,7-12,18H2,1H3,(H,19,20). The molecule has 21 heavy (non-hydrogen) atoms. The van der Waals surface area contributed by atoms with Gasteiger partial charge in [-0.25, -0.2) is 0 Å². The molecular formula is C17H26N2O2. The summed E-state index contributed by atoms with van der Waals surface area (Å²) >= 11 is 0. The number of nitrogen functional groups attached to an aromatic ring is 1. The van der Waals surface area contributed by atoms with Crippen LogP contribution >= 0.6 is 0 Å². The maximum atomic E-state index is 11.9. The molecule has 1 amide bonds. The molecular weight excluding hydrogens is 264 g/mol. The minimum Gasteiger partial charge on any atom is -0.491 e. The molecule has 0 aromatic heterocycles. The highest BCUT2D eigenvalue weighted by Gasteiger charge is 2.21. The van der Waals surface area contributed by atoms with Crippen molar-refractivity contribution >= 4 is 11.6 Å². The first-order valence-electron chi connectivity index (χ1n) is 7.95. The molecule has 1 aromatic carbocycles. The van der Waals surface area contributed by atoms with Gasteiger partial charge in [-0.1, -0.05) is 25.5 Å². The molecule has 0 saturated heterocycles. The molecule has 4 heteroatoms. The van der Waals surface area contributed by atoms with Gasteiger partial charge in [-0.3, -0.25) is 4.79 Å². The Bertz CT molecular complexity index is 454. The molecule has 1 aliphatic rings. The average Bonchev–Trinajstić information content (AvgIpc) is 2.50. The van der Waals surface area contributed by atoms with Gasteiger partial charge in [-0.05, 0) is 43.7 Å². The topological polar surface area (TPSA) is 64.3 Å². The van der Waals surface area contributed by atoms with E-state index in [9.17, 15) is 4.79 Å². The zero-order valence-electron chi connectivity index (χ0n) is 12.8. The van der Waals surface area contributed by atoms with Crippen molar-refractivity contribution < 1.29 is 9.53 Å². The Kier molecular flexibility index (Phi) is 5.90. The predicted molar refractivity (Wildman–Crippen MR) is 85.1 cm³/mol. The van der Waals surface area contributed by atoms with E-state index in [0.29, 0.717) is 30.5 Å². The predicted octanol–water partition coefficient (Wildman–Crippen LogP) is 3.12. The van der Waals surface area contributed by atoms with Crippen LogP contribution in [0.25, 0.3) is 0 Å². The van der Waals surface area contributed by atoms with E-state index in [2.05, 4.69) is 12.2 Å². The molecule has 0 aliphatic heterocycles. The van der Waals surface area contributed by atoms with Gasteiger partial charge in [0.15, 0.2) is 0 Å². The van der Waals surface area contributed by atoms with E-state index >= 15 is 0 Å². The van der Waals surface area contributed by atoms with Gasteiger partial charge in [0.2, 0.25) is 5.91 Å². The van der Waals surface area contributed by atoms with Gasteiger partial charge in [-0.15, -0.1) is 0 Å². The number of carbonyl (C=O) groups excluding carboxylic acids is 1. The van der Waals surface area contributed by atoms with Crippen LogP contribution in [0.15, 0.2) is 24.3 Å². The van der Waals surface area contributed by atoms with Crippen molar-refractivity contribution in [3.05, 3.63) is 24.3 Å². The fourth-order valence-electron chi connectivity index (χ4n) is 2.88. The molecule has 3 N–H and O–H groups in total. The number of nitrogens with two attached hydrogens (primary N) is 1. The molecule has 0 bridgehead atoms. The van der Waals surface area contributed by atoms with E-state index in [1.54, 1.807) is 6.07 Å². The highest BCUT2D eigenvalue weighted by Crippen LogP contribution is 2.26. The molecule has 1 aromatic rings. The van der Waals surface area contributed by atoms with Crippen LogP contribution in [0.5, 0.6) is 5.75 Å². The third-order valence-electron chi connectivity index (χ3n) is 4.29. The van der Waals surface area contributed by atoms with E-state index in [4.69, 9.17) is 10.5 Å². The maximum Gasteiger partial charge on any atom is 0.223 e. The van der Waals surface area contributed by atoms with Crippen LogP contribution in [-0.4, -0.2) is 18.6 Å². The van der Waals surface area contributed by atoms with E-state index in [0.717, 1.165) is 18.8 Å². The van der Waals surface area contributed by atoms with Crippen LogP contribution in [0.4, 0.5) is 5.69 Å². The van der Waals surface area contributed by atoms with Crippen LogP contribution in [0.3, 0.4) is 0 Å². The molecule has 4 nitrogen and oxygen atoms in total. The summed E-state index contributed by atoms with van der Waals surface area (Å²) in [5.74, 6) is 1.57. The summed E-state index contributed by atoms with van der Waals surface area (Å²) < 4.78 is 5.55. The quantitative estimate of drug-likeness (QED) is 0.791. The van der Waals surface area contributed by atoms with Crippen LogP contribution < -0.4 is 15.8 Å². The summed E-state index contributed by atoms with van der Waals surface area (Å²) in [6.45, 7) is 2.61. The van der Waals surface area contributed by atoms with Gasteiger partial charge >= 0.3 is 0 Å². The molecule has 0 radical (unpaired) electrons. The molecule has 2 rings (SSSR count). The van der Waals surface area contributed by atoms with Crippen molar-refractivity contribution in [2.24, 2.45) is 5.92 Å². The zero-order valence-corrected chi connectivity index (χ0v) is 12.8. The smallest absolute Gasteiger partial charge is 0.223 e. The third-order valence-corrected chi connectivity index (χ3v) is 4.29. The Labute approximate surface area is 127 Å². The summed E-state index contributed by atoms with van der Waals surface area (Å²) in [6.07, 6.45) is 6.32. The summed E-state index contributed by atoms with van der Waals surface area (Å²) in [6, 6.07) is 7.70. The second kappa shape index (κ2) is 7.91. The highest BCUT2D eigenvalue weighted by molar-refractivity contribution is 5.76. The number of para-hydroxylation sites is 2. The molecule has 1 aliphatic carbocycles. The van der Waals surface area contributed by atoms with Gasteiger partial charge in [0.25, 0.3) is 0 Å². The SMILES string of the molecule is CCC1CCC(NC(=O)CCOc2ccccc2N)CC1. The number of carbonyl (C=O) groups is 1. The molecule has 0 atom stereocenters. The lowest BCUT2D eigenvalue weighted by atomic mass is 9.84. The van der Waals surface area contributed by atoms with E-state index in [1.807, 2.05) is 18.2 Å². The number of rotatable bonds is 6. The van der Waals surface area contributed by atoms with Crippen LogP contribution in [-0.2, 0) is 4.79 Å². The van der Waals surface area contributed by atoms with Crippen molar-refractivity contribution in [2.75, 3.05) is 12.3 Å². The van der Waals surface area contributed by atoms with Gasteiger partial charge < -0.3 is 15.8 Å². The van der Waals surface area contributed by atoms with Crippen molar-refractivity contribution in [1.82, 2.24) is 5.32 Å². The van der Waals surface area contributed by atoms with Gasteiger partial charge in [0.1, 0.15) is 5.75 Å². The van der Waals surface area contributed by atoms with E-state index in [-0.39, 0.29) is 5.91 Å². The van der Waals surface area contributed by atoms with Crippen molar-refractivity contribution in [3.63, 3.8) is 0 Å². The molecule has 0 spiro atoms. The number of anilines is 1. The Balaban J connectivity index is 1.65. The Morgan fingerprint density at radius 2 is 2.00 bits per heavy atom. The first kappa shape index (κ1) is 15.7. The van der Waals surface area contributed by atoms with Crippen LogP contribution in [0, 0.1) is 5.92 Å². The zero-order chi connectivity index (χ0) is 15.1. The van der Waals surface area contributed by atoms with Crippen molar-refractivity contribution in [1.29, 1.82) is 0 Å². The van der Waals surface area contributed by atoms with Gasteiger partial charge in [0, 0.05) is 6.04 Å². The van der Waals surface area contributed by atoms with Crippen LogP contribution in [0.2, 0.25) is 0 Å². The number of nitrogens with one attached hydrogen (secondary N) is 1. The molecule has 0 unspecified atom stereocenters. The number of hydrogen-bond acceptors (Lipinski definition) is 3. The summed E-state index contributed by atoms with van der Waals surface area (Å²) in [4.78, 5) is 11.9. The minimum absolute atomic E-state index is 0.0736. The molecule has 1 saturated carbocycles. The fourth-order valence-corrected chi connectivity index (χ4v) is 2.88. The molecule has 0 heterocycles. The molecule has 1 fully saturated rings. The second-order valence-corrected chi connectivity index (χ2v) is 5.83. The number of hydrogen-bond donors (Lipinski definition) is 2. The first-order valence-corrected chi connectivity index (χ1v) is 7.95. The second-order valence-electron chi connectivity index (χ2n) is 5.83. The Morgan fingerprint density at radius 1 is 1.29 bits per heavy atom. The lowest BCUT2D eigenvalue weighted by Gasteiger charge is -2.28. The number of amides is 1. The van der Waals surface area contributed by atoms with E-state index < -0.39 is 0 Å². The molecule has 116 valence electrons. The summed E-state index contributed by atoms with van der Waals surface area (Å²) in [5.41, 5.74) is 6.39. The monoisotopic (exact) mass is 290 g/mol. The average molecular weight is 290 g/mol. The number of ether oxygens (including phenoxy) is 1. The van der Waals surface area contributed by atoms with E-state index in [1.165, 1.54) is 19.3 Å². The summed E-state index contributed by atoms with van der Waals surface area (Å²) in [7, 11) is 0. The third kappa shape index (κ3) is 4.96. The Hall–Kier alpha value is -1.71.